The summed E-state index contributed by atoms with van der Waals surface area (Å²) in [5.41, 5.74) is 3.82. The average Bonchev–Trinajstić information content (AvgIpc) is 3.05. The Kier molecular flexibility index (Phi) is 28.2. The van der Waals surface area contributed by atoms with Gasteiger partial charge in [-0.15, -0.1) is 0 Å². The van der Waals surface area contributed by atoms with Gasteiger partial charge < -0.3 is 0 Å². The fourth-order valence-electron chi connectivity index (χ4n) is 4.85. The Balaban J connectivity index is 0. The predicted molar refractivity (Wildman–Crippen MR) is 190 cm³/mol. The highest BCUT2D eigenvalue weighted by molar-refractivity contribution is 5.75. The average molecular weight is 582 g/mol. The van der Waals surface area contributed by atoms with E-state index in [1.54, 1.807) is 17.7 Å². The molecule has 3 nitrogen and oxygen atoms in total. The van der Waals surface area contributed by atoms with Gasteiger partial charge in [0.15, 0.2) is 0 Å². The van der Waals surface area contributed by atoms with Crippen molar-refractivity contribution in [3.05, 3.63) is 65.5 Å². The molecule has 0 spiro atoms. The van der Waals surface area contributed by atoms with Crippen LogP contribution in [0.2, 0.25) is 0 Å². The molecule has 2 aliphatic carbocycles. The first-order valence-electron chi connectivity index (χ1n) is 16.5. The van der Waals surface area contributed by atoms with E-state index in [2.05, 4.69) is 101 Å². The van der Waals surface area contributed by atoms with Crippen LogP contribution in [0.5, 0.6) is 0 Å². The second-order valence-electron chi connectivity index (χ2n) is 11.1. The van der Waals surface area contributed by atoms with Crippen LogP contribution >= 0.6 is 0 Å². The van der Waals surface area contributed by atoms with Crippen LogP contribution in [-0.4, -0.2) is 19.6 Å². The van der Waals surface area contributed by atoms with Gasteiger partial charge in [0.1, 0.15) is 5.82 Å². The fourth-order valence-corrected chi connectivity index (χ4v) is 4.85. The molecule has 0 heterocycles. The van der Waals surface area contributed by atoms with Crippen molar-refractivity contribution in [2.24, 2.45) is 38.9 Å². The van der Waals surface area contributed by atoms with Gasteiger partial charge in [0.25, 0.3) is 0 Å². The van der Waals surface area contributed by atoms with Crippen molar-refractivity contribution in [2.75, 3.05) is 0 Å². The van der Waals surface area contributed by atoms with E-state index in [0.29, 0.717) is 5.92 Å². The lowest BCUT2D eigenvalue weighted by Gasteiger charge is -2.33. The van der Waals surface area contributed by atoms with Crippen molar-refractivity contribution in [3.8, 4) is 0 Å². The van der Waals surface area contributed by atoms with Gasteiger partial charge in [0, 0.05) is 19.6 Å². The van der Waals surface area contributed by atoms with Gasteiger partial charge >= 0.3 is 0 Å². The predicted octanol–water partition coefficient (Wildman–Crippen LogP) is 12.8. The summed E-state index contributed by atoms with van der Waals surface area (Å²) in [5.74, 6) is 3.22. The zero-order valence-electron chi connectivity index (χ0n) is 28.7. The van der Waals surface area contributed by atoms with Crippen molar-refractivity contribution >= 4 is 25.3 Å². The van der Waals surface area contributed by atoms with Crippen molar-refractivity contribution in [3.63, 3.8) is 0 Å². The smallest absolute Gasteiger partial charge is 0.123 e. The minimum atomic E-state index is -0.218. The number of allylic oxidation sites excluding steroid dienone is 6. The van der Waals surface area contributed by atoms with E-state index < -0.39 is 0 Å². The Labute approximate surface area is 260 Å². The first-order chi connectivity index (χ1) is 20.3. The topological polar surface area (TPSA) is 37.1 Å². The normalized spacial score (nSPS) is 17.8. The summed E-state index contributed by atoms with van der Waals surface area (Å²) < 4.78 is 12.9. The molecule has 42 heavy (non-hydrogen) atoms. The van der Waals surface area contributed by atoms with Crippen LogP contribution in [0, 0.1) is 29.5 Å². The quantitative estimate of drug-likeness (QED) is 0.205. The zero-order valence-corrected chi connectivity index (χ0v) is 28.7. The van der Waals surface area contributed by atoms with E-state index in [1.165, 1.54) is 81.9 Å². The number of nitrogens with zero attached hydrogens (tertiary/aromatic N) is 3. The molecule has 4 heteroatoms. The maximum atomic E-state index is 12.9. The summed E-state index contributed by atoms with van der Waals surface area (Å²) in [6, 6.07) is 6.30. The highest BCUT2D eigenvalue weighted by Crippen LogP contribution is 2.38. The number of aliphatic imine (C=N–C) groups is 1. The third-order valence-corrected chi connectivity index (χ3v) is 7.99. The molecule has 0 aliphatic heterocycles. The van der Waals surface area contributed by atoms with E-state index in [-0.39, 0.29) is 5.82 Å². The Morgan fingerprint density at radius 1 is 0.929 bits per heavy atom. The van der Waals surface area contributed by atoms with Crippen molar-refractivity contribution in [1.29, 1.82) is 0 Å². The second-order valence-corrected chi connectivity index (χ2v) is 11.1. The van der Waals surface area contributed by atoms with E-state index in [4.69, 9.17) is 0 Å². The Morgan fingerprint density at radius 3 is 1.86 bits per heavy atom. The van der Waals surface area contributed by atoms with Crippen molar-refractivity contribution < 1.29 is 4.39 Å². The van der Waals surface area contributed by atoms with Crippen LogP contribution in [0.25, 0.3) is 0 Å². The van der Waals surface area contributed by atoms with Crippen LogP contribution < -0.4 is 0 Å². The first-order valence-corrected chi connectivity index (χ1v) is 16.5. The van der Waals surface area contributed by atoms with Gasteiger partial charge in [-0.25, -0.2) is 4.39 Å². The standard InChI is InChI=1S/C21H30FN.C8H12.C5H12.C2H4N2.C2H6/c1-4-17(5-2)19-8-6-18(7-9-19)16(3)14-15-23-21-12-10-20(22)11-13-21;1-2-8-6-4-3-5-7-8;1-4-5(2)3;1-3-4-2;1-2/h10-15,17-19H,4-9H2,1-3H3;3-4,6H,2,5,7H2,1H3;5H,4H2,1-3H3;1-2H2;1-2H3/b16-14+,23-15?;;;;. The summed E-state index contributed by atoms with van der Waals surface area (Å²) in [6.45, 7) is 25.7. The molecule has 3 rings (SSSR count). The lowest BCUT2D eigenvalue weighted by Crippen LogP contribution is -2.21. The van der Waals surface area contributed by atoms with E-state index in [9.17, 15) is 4.39 Å². The molecule has 0 aromatic heterocycles. The third-order valence-electron chi connectivity index (χ3n) is 7.99. The second kappa shape index (κ2) is 28.5. The molecule has 0 saturated heterocycles. The summed E-state index contributed by atoms with van der Waals surface area (Å²) in [5, 5.41) is 6.00. The van der Waals surface area contributed by atoms with Crippen LogP contribution in [0.15, 0.2) is 74.9 Å². The van der Waals surface area contributed by atoms with Gasteiger partial charge in [-0.1, -0.05) is 104 Å². The summed E-state index contributed by atoms with van der Waals surface area (Å²) in [6.07, 6.45) is 23.7. The Bertz CT molecular complexity index is 891. The largest absolute Gasteiger partial charge is 0.257 e. The molecule has 0 amide bonds. The highest BCUT2D eigenvalue weighted by Gasteiger charge is 2.26. The Hall–Kier alpha value is -2.62. The molecule has 1 aromatic rings. The molecule has 0 unspecified atom stereocenters. The molecule has 0 bridgehead atoms. The Morgan fingerprint density at radius 2 is 1.48 bits per heavy atom. The minimum absolute atomic E-state index is 0.218. The summed E-state index contributed by atoms with van der Waals surface area (Å²) in [4.78, 5) is 4.38. The van der Waals surface area contributed by atoms with Gasteiger partial charge in [-0.2, -0.15) is 10.2 Å². The van der Waals surface area contributed by atoms with Crippen LogP contribution in [-0.2, 0) is 0 Å². The summed E-state index contributed by atoms with van der Waals surface area (Å²) in [7, 11) is 0. The molecule has 238 valence electrons. The van der Waals surface area contributed by atoms with Gasteiger partial charge in [-0.05, 0) is 106 Å². The fraction of sp³-hybridized carbons (Fsp3) is 0.605. The molecule has 0 atom stereocenters. The molecule has 1 aromatic carbocycles. The third kappa shape index (κ3) is 21.1. The lowest BCUT2D eigenvalue weighted by atomic mass is 9.72. The maximum absolute atomic E-state index is 12.9. The van der Waals surface area contributed by atoms with Gasteiger partial charge in [-0.3, -0.25) is 4.99 Å². The summed E-state index contributed by atoms with van der Waals surface area (Å²) >= 11 is 0. The molecular formula is C38H64FN3. The van der Waals surface area contributed by atoms with Crippen molar-refractivity contribution in [1.82, 2.24) is 0 Å². The monoisotopic (exact) mass is 582 g/mol. The highest BCUT2D eigenvalue weighted by atomic mass is 19.1. The number of rotatable bonds is 9. The van der Waals surface area contributed by atoms with Crippen molar-refractivity contribution in [2.45, 2.75) is 127 Å². The van der Waals surface area contributed by atoms with E-state index >= 15 is 0 Å². The van der Waals surface area contributed by atoms with Crippen LogP contribution in [0.1, 0.15) is 127 Å². The molecule has 0 N–H and O–H groups in total. The molecule has 1 saturated carbocycles. The van der Waals surface area contributed by atoms with E-state index in [0.717, 1.165) is 23.4 Å². The molecular weight excluding hydrogens is 517 g/mol. The van der Waals surface area contributed by atoms with E-state index in [1.807, 2.05) is 20.1 Å². The number of hydrogen-bond acceptors (Lipinski definition) is 3. The molecule has 0 radical (unpaired) electrons. The minimum Gasteiger partial charge on any atom is -0.257 e. The number of halogens is 1. The van der Waals surface area contributed by atoms with Crippen LogP contribution in [0.4, 0.5) is 10.1 Å². The molecule has 2 aliphatic rings. The van der Waals surface area contributed by atoms with Gasteiger partial charge in [0.2, 0.25) is 0 Å². The van der Waals surface area contributed by atoms with Crippen LogP contribution in [0.3, 0.4) is 0 Å². The molecule has 1 fully saturated rings. The number of hydrogen-bond donors (Lipinski definition) is 0. The maximum Gasteiger partial charge on any atom is 0.123 e. The first kappa shape index (κ1) is 41.5. The van der Waals surface area contributed by atoms with Gasteiger partial charge in [0.05, 0.1) is 5.69 Å². The lowest BCUT2D eigenvalue weighted by molar-refractivity contribution is 0.209. The number of benzene rings is 1. The SMILES string of the molecule is C=NN=C.CC.CCC(C)C.CCC(CC)C1CCC(/C(C)=C/C=Nc2ccc(F)cc2)CC1.CCC1=CC=CCC1. The zero-order chi connectivity index (χ0) is 32.2.